The van der Waals surface area contributed by atoms with E-state index in [2.05, 4.69) is 55.5 Å². The van der Waals surface area contributed by atoms with Gasteiger partial charge < -0.3 is 10.2 Å². The van der Waals surface area contributed by atoms with Gasteiger partial charge in [0.05, 0.1) is 0 Å². The van der Waals surface area contributed by atoms with E-state index in [1.165, 1.54) is 36.9 Å². The monoisotopic (exact) mass is 246 g/mol. The van der Waals surface area contributed by atoms with Gasteiger partial charge in [-0.25, -0.2) is 0 Å². The molecule has 0 spiro atoms. The lowest BCUT2D eigenvalue weighted by atomic mass is 9.86. The number of rotatable bonds is 4. The molecule has 1 aliphatic carbocycles. The van der Waals surface area contributed by atoms with Gasteiger partial charge in [-0.1, -0.05) is 31.9 Å². The van der Waals surface area contributed by atoms with Crippen LogP contribution in [0.4, 0.5) is 5.69 Å². The second-order valence-corrected chi connectivity index (χ2v) is 5.81. The molecule has 0 saturated heterocycles. The molecule has 2 unspecified atom stereocenters. The van der Waals surface area contributed by atoms with Crippen molar-refractivity contribution < 1.29 is 0 Å². The third-order valence-electron chi connectivity index (χ3n) is 4.13. The van der Waals surface area contributed by atoms with Gasteiger partial charge in [0.25, 0.3) is 0 Å². The van der Waals surface area contributed by atoms with Crippen LogP contribution in [0, 0.1) is 5.92 Å². The fraction of sp³-hybridized carbons (Fsp3) is 0.625. The van der Waals surface area contributed by atoms with Crippen LogP contribution in [0.2, 0.25) is 0 Å². The molecule has 0 aliphatic heterocycles. The van der Waals surface area contributed by atoms with Crippen LogP contribution in [0.3, 0.4) is 0 Å². The number of nitrogens with zero attached hydrogens (tertiary/aromatic N) is 1. The van der Waals surface area contributed by atoms with Gasteiger partial charge in [0.1, 0.15) is 0 Å². The SMILES string of the molecule is CC1CCCCC1NCc1ccc(N(C)C)cc1. The first kappa shape index (κ1) is 13.4. The summed E-state index contributed by atoms with van der Waals surface area (Å²) < 4.78 is 0. The van der Waals surface area contributed by atoms with Gasteiger partial charge in [-0.05, 0) is 36.5 Å². The molecule has 0 radical (unpaired) electrons. The molecule has 18 heavy (non-hydrogen) atoms. The normalized spacial score (nSPS) is 23.9. The van der Waals surface area contributed by atoms with Crippen LogP contribution in [0.15, 0.2) is 24.3 Å². The van der Waals surface area contributed by atoms with Crippen molar-refractivity contribution in [1.29, 1.82) is 0 Å². The Morgan fingerprint density at radius 2 is 1.78 bits per heavy atom. The Hall–Kier alpha value is -1.02. The van der Waals surface area contributed by atoms with Crippen molar-refractivity contribution in [3.05, 3.63) is 29.8 Å². The van der Waals surface area contributed by atoms with Gasteiger partial charge in [0, 0.05) is 32.4 Å². The first-order valence-corrected chi connectivity index (χ1v) is 7.16. The second-order valence-electron chi connectivity index (χ2n) is 5.81. The minimum atomic E-state index is 0.715. The molecule has 1 aromatic carbocycles. The Balaban J connectivity index is 1.85. The van der Waals surface area contributed by atoms with Crippen molar-refractivity contribution >= 4 is 5.69 Å². The maximum absolute atomic E-state index is 3.72. The minimum absolute atomic E-state index is 0.715. The quantitative estimate of drug-likeness (QED) is 0.875. The topological polar surface area (TPSA) is 15.3 Å². The van der Waals surface area contributed by atoms with Crippen LogP contribution in [0.5, 0.6) is 0 Å². The molecule has 0 amide bonds. The molecule has 1 aliphatic rings. The van der Waals surface area contributed by atoms with E-state index < -0.39 is 0 Å². The molecule has 1 aromatic rings. The zero-order valence-corrected chi connectivity index (χ0v) is 11.9. The van der Waals surface area contributed by atoms with Gasteiger partial charge in [-0.2, -0.15) is 0 Å². The summed E-state index contributed by atoms with van der Waals surface area (Å²) >= 11 is 0. The van der Waals surface area contributed by atoms with E-state index in [1.54, 1.807) is 0 Å². The first-order chi connectivity index (χ1) is 8.66. The highest BCUT2D eigenvalue weighted by Crippen LogP contribution is 2.24. The summed E-state index contributed by atoms with van der Waals surface area (Å²) in [5, 5.41) is 3.72. The van der Waals surface area contributed by atoms with E-state index in [-0.39, 0.29) is 0 Å². The lowest BCUT2D eigenvalue weighted by molar-refractivity contribution is 0.279. The number of anilines is 1. The summed E-state index contributed by atoms with van der Waals surface area (Å²) in [6.45, 7) is 3.38. The standard InChI is InChI=1S/C16H26N2/c1-13-6-4-5-7-16(13)17-12-14-8-10-15(11-9-14)18(2)3/h8-11,13,16-17H,4-7,12H2,1-3H3. The first-order valence-electron chi connectivity index (χ1n) is 7.16. The molecule has 0 bridgehead atoms. The number of hydrogen-bond donors (Lipinski definition) is 1. The molecule has 1 N–H and O–H groups in total. The highest BCUT2D eigenvalue weighted by atomic mass is 15.1. The summed E-state index contributed by atoms with van der Waals surface area (Å²) in [5.41, 5.74) is 2.66. The van der Waals surface area contributed by atoms with E-state index in [1.807, 2.05) is 0 Å². The lowest BCUT2D eigenvalue weighted by Gasteiger charge is -2.29. The average molecular weight is 246 g/mol. The third-order valence-corrected chi connectivity index (χ3v) is 4.13. The Morgan fingerprint density at radius 1 is 1.11 bits per heavy atom. The molecule has 2 atom stereocenters. The largest absolute Gasteiger partial charge is 0.378 e. The summed E-state index contributed by atoms with van der Waals surface area (Å²) in [6.07, 6.45) is 5.53. The Bertz CT molecular complexity index is 356. The van der Waals surface area contributed by atoms with Gasteiger partial charge in [-0.3, -0.25) is 0 Å². The van der Waals surface area contributed by atoms with Crippen LogP contribution in [-0.2, 0) is 6.54 Å². The lowest BCUT2D eigenvalue weighted by Crippen LogP contribution is -2.36. The van der Waals surface area contributed by atoms with E-state index in [0.29, 0.717) is 6.04 Å². The van der Waals surface area contributed by atoms with Gasteiger partial charge >= 0.3 is 0 Å². The highest BCUT2D eigenvalue weighted by Gasteiger charge is 2.20. The maximum Gasteiger partial charge on any atom is 0.0361 e. The molecule has 1 saturated carbocycles. The zero-order chi connectivity index (χ0) is 13.0. The summed E-state index contributed by atoms with van der Waals surface area (Å²) in [7, 11) is 4.16. The summed E-state index contributed by atoms with van der Waals surface area (Å²) in [6, 6.07) is 9.57. The highest BCUT2D eigenvalue weighted by molar-refractivity contribution is 5.45. The molecular formula is C16H26N2. The van der Waals surface area contributed by atoms with Gasteiger partial charge in [0.2, 0.25) is 0 Å². The zero-order valence-electron chi connectivity index (χ0n) is 11.9. The van der Waals surface area contributed by atoms with E-state index >= 15 is 0 Å². The third kappa shape index (κ3) is 3.49. The summed E-state index contributed by atoms with van der Waals surface area (Å²) in [4.78, 5) is 2.14. The van der Waals surface area contributed by atoms with Crippen molar-refractivity contribution in [2.45, 2.75) is 45.2 Å². The van der Waals surface area contributed by atoms with Crippen molar-refractivity contribution in [3.8, 4) is 0 Å². The van der Waals surface area contributed by atoms with E-state index in [4.69, 9.17) is 0 Å². The Morgan fingerprint density at radius 3 is 2.39 bits per heavy atom. The van der Waals surface area contributed by atoms with E-state index in [0.717, 1.165) is 12.5 Å². The Kier molecular flexibility index (Phi) is 4.65. The van der Waals surface area contributed by atoms with E-state index in [9.17, 15) is 0 Å². The smallest absolute Gasteiger partial charge is 0.0361 e. The predicted molar refractivity (Wildman–Crippen MR) is 79.0 cm³/mol. The molecule has 2 rings (SSSR count). The summed E-state index contributed by atoms with van der Waals surface area (Å²) in [5.74, 6) is 0.833. The van der Waals surface area contributed by atoms with Crippen LogP contribution in [-0.4, -0.2) is 20.1 Å². The molecule has 2 nitrogen and oxygen atoms in total. The fourth-order valence-corrected chi connectivity index (χ4v) is 2.78. The average Bonchev–Trinajstić information content (AvgIpc) is 2.38. The second kappa shape index (κ2) is 6.24. The molecule has 1 fully saturated rings. The van der Waals surface area contributed by atoms with Crippen LogP contribution >= 0.6 is 0 Å². The fourth-order valence-electron chi connectivity index (χ4n) is 2.78. The van der Waals surface area contributed by atoms with Crippen LogP contribution in [0.1, 0.15) is 38.2 Å². The number of nitrogens with one attached hydrogen (secondary N) is 1. The van der Waals surface area contributed by atoms with Gasteiger partial charge in [-0.15, -0.1) is 0 Å². The molecule has 2 heteroatoms. The Labute approximate surface area is 111 Å². The predicted octanol–water partition coefficient (Wildman–Crippen LogP) is 3.42. The minimum Gasteiger partial charge on any atom is -0.378 e. The molecule has 100 valence electrons. The number of hydrogen-bond acceptors (Lipinski definition) is 2. The maximum atomic E-state index is 3.72. The van der Waals surface area contributed by atoms with Gasteiger partial charge in [0.15, 0.2) is 0 Å². The van der Waals surface area contributed by atoms with Crippen molar-refractivity contribution in [1.82, 2.24) is 5.32 Å². The van der Waals surface area contributed by atoms with Crippen LogP contribution in [0.25, 0.3) is 0 Å². The van der Waals surface area contributed by atoms with Crippen molar-refractivity contribution in [3.63, 3.8) is 0 Å². The molecular weight excluding hydrogens is 220 g/mol. The number of benzene rings is 1. The molecule has 0 heterocycles. The molecule has 0 aromatic heterocycles. The van der Waals surface area contributed by atoms with Crippen LogP contribution < -0.4 is 10.2 Å². The van der Waals surface area contributed by atoms with Crippen molar-refractivity contribution in [2.24, 2.45) is 5.92 Å². The van der Waals surface area contributed by atoms with Crippen molar-refractivity contribution in [2.75, 3.05) is 19.0 Å².